The van der Waals surface area contributed by atoms with Gasteiger partial charge in [0.2, 0.25) is 0 Å². The molecule has 4 fully saturated rings. The van der Waals surface area contributed by atoms with Crippen LogP contribution in [0, 0.1) is 22.7 Å². The van der Waals surface area contributed by atoms with Crippen molar-refractivity contribution in [3.8, 4) is 0 Å². The molecule has 1 spiro atoms. The van der Waals surface area contributed by atoms with Crippen molar-refractivity contribution in [1.82, 2.24) is 0 Å². The molecule has 11 heteroatoms. The molecule has 11 atom stereocenters. The molecule has 0 bridgehead atoms. The van der Waals surface area contributed by atoms with Gasteiger partial charge in [-0.1, -0.05) is 5.57 Å². The van der Waals surface area contributed by atoms with E-state index in [1.165, 1.54) is 26.8 Å². The second-order valence-corrected chi connectivity index (χ2v) is 14.1. The fraction of sp³-hybridized carbons (Fsp3) is 0.750. The van der Waals surface area contributed by atoms with Crippen molar-refractivity contribution in [2.45, 2.75) is 121 Å². The van der Waals surface area contributed by atoms with Crippen LogP contribution in [0.3, 0.4) is 0 Å². The zero-order valence-electron chi connectivity index (χ0n) is 25.6. The van der Waals surface area contributed by atoms with Crippen molar-refractivity contribution in [1.29, 1.82) is 0 Å². The van der Waals surface area contributed by atoms with Gasteiger partial charge < -0.3 is 34.3 Å². The molecule has 0 aromatic rings. The molecule has 43 heavy (non-hydrogen) atoms. The van der Waals surface area contributed by atoms with Crippen molar-refractivity contribution < 1.29 is 53.4 Å². The molecule has 0 radical (unpaired) electrons. The Kier molecular flexibility index (Phi) is 6.52. The van der Waals surface area contributed by atoms with E-state index in [1.807, 2.05) is 6.92 Å². The van der Waals surface area contributed by atoms with Crippen LogP contribution in [0.5, 0.6) is 0 Å². The standard InChI is InChI=1S/C32H42O11/c1-16-13-24(42-26(36)17(16)2)28(6,37)31(39)12-11-30(38)21-14-25-32(43-25)23(41-19(4)34)8-7-22(35)27(32,5)20(21)9-10-29(30,31)15-40-18(3)33/h7-8,20-21,23-25,37-39H,9-15H2,1-6H3/t20-,21+,23-,24?,25+,27-,28-,29+,30+,31+,32+/m0/s1. The first kappa shape index (κ1) is 30.4. The third-order valence-electron chi connectivity index (χ3n) is 12.6. The minimum Gasteiger partial charge on any atom is -0.465 e. The number of epoxide rings is 1. The summed E-state index contributed by atoms with van der Waals surface area (Å²) in [5.41, 5.74) is -8.35. The number of hydrogen-bond donors (Lipinski definition) is 3. The van der Waals surface area contributed by atoms with Gasteiger partial charge in [0.15, 0.2) is 11.9 Å². The molecule has 0 amide bonds. The van der Waals surface area contributed by atoms with Gasteiger partial charge in [-0.3, -0.25) is 14.4 Å². The maximum absolute atomic E-state index is 13.7. The number of aliphatic hydroxyl groups is 3. The van der Waals surface area contributed by atoms with Crippen LogP contribution in [0.15, 0.2) is 23.3 Å². The lowest BCUT2D eigenvalue weighted by molar-refractivity contribution is -0.297. The van der Waals surface area contributed by atoms with E-state index in [1.54, 1.807) is 19.9 Å². The number of carbonyl (C=O) groups is 4. The largest absolute Gasteiger partial charge is 0.465 e. The Morgan fingerprint density at radius 3 is 2.42 bits per heavy atom. The molecule has 6 rings (SSSR count). The predicted molar refractivity (Wildman–Crippen MR) is 148 cm³/mol. The summed E-state index contributed by atoms with van der Waals surface area (Å²) < 4.78 is 23.1. The van der Waals surface area contributed by atoms with E-state index in [9.17, 15) is 34.5 Å². The number of hydrogen-bond acceptors (Lipinski definition) is 11. The summed E-state index contributed by atoms with van der Waals surface area (Å²) in [6, 6.07) is 0. The number of ketones is 1. The zero-order valence-corrected chi connectivity index (χ0v) is 25.6. The van der Waals surface area contributed by atoms with Crippen molar-refractivity contribution in [3.63, 3.8) is 0 Å². The van der Waals surface area contributed by atoms with Gasteiger partial charge in [0.25, 0.3) is 0 Å². The van der Waals surface area contributed by atoms with Gasteiger partial charge in [0, 0.05) is 25.8 Å². The van der Waals surface area contributed by atoms with Crippen LogP contribution >= 0.6 is 0 Å². The second-order valence-electron chi connectivity index (χ2n) is 14.1. The number of fused-ring (bicyclic) bond motifs is 4. The predicted octanol–water partition coefficient (Wildman–Crippen LogP) is 1.84. The Morgan fingerprint density at radius 2 is 1.79 bits per heavy atom. The lowest BCUT2D eigenvalue weighted by atomic mass is 9.42. The summed E-state index contributed by atoms with van der Waals surface area (Å²) >= 11 is 0. The molecule has 6 aliphatic rings. The molecule has 2 aliphatic heterocycles. The van der Waals surface area contributed by atoms with Gasteiger partial charge in [0.05, 0.1) is 22.5 Å². The highest BCUT2D eigenvalue weighted by Gasteiger charge is 2.85. The highest BCUT2D eigenvalue weighted by molar-refractivity contribution is 5.98. The molecule has 11 nitrogen and oxygen atoms in total. The van der Waals surface area contributed by atoms with E-state index >= 15 is 0 Å². The van der Waals surface area contributed by atoms with Crippen molar-refractivity contribution >= 4 is 23.7 Å². The number of cyclic esters (lactones) is 1. The maximum Gasteiger partial charge on any atom is 0.334 e. The first-order chi connectivity index (χ1) is 19.9. The Balaban J connectivity index is 1.43. The Morgan fingerprint density at radius 1 is 1.09 bits per heavy atom. The minimum atomic E-state index is -2.04. The average Bonchev–Trinajstić information content (AvgIpc) is 3.61. The molecule has 3 N–H and O–H groups in total. The summed E-state index contributed by atoms with van der Waals surface area (Å²) in [5.74, 6) is -2.88. The van der Waals surface area contributed by atoms with E-state index in [0.717, 1.165) is 5.57 Å². The molecule has 0 aromatic heterocycles. The molecule has 236 valence electrons. The number of rotatable bonds is 5. The van der Waals surface area contributed by atoms with Gasteiger partial charge in [-0.2, -0.15) is 0 Å². The smallest absolute Gasteiger partial charge is 0.334 e. The van der Waals surface area contributed by atoms with Gasteiger partial charge >= 0.3 is 17.9 Å². The summed E-state index contributed by atoms with van der Waals surface area (Å²) in [6.45, 7) is 8.82. The lowest BCUT2D eigenvalue weighted by Crippen LogP contribution is -2.75. The van der Waals surface area contributed by atoms with E-state index < -0.39 is 81.3 Å². The number of ether oxygens (including phenoxy) is 4. The lowest BCUT2D eigenvalue weighted by Gasteiger charge is -2.64. The minimum absolute atomic E-state index is 0.0454. The molecule has 1 saturated heterocycles. The monoisotopic (exact) mass is 602 g/mol. The molecule has 3 saturated carbocycles. The molecule has 1 unspecified atom stereocenters. The van der Waals surface area contributed by atoms with Gasteiger partial charge in [-0.25, -0.2) is 4.79 Å². The Bertz CT molecular complexity index is 1360. The SMILES string of the molecule is CC(=O)OC[C@]12CC[C@H]3[C@@H](C[C@H]4O[C@]45[C@@H](OC(C)=O)C=CC(=O)[C@]35C)[C@]1(O)CC[C@@]2(O)[C@@](C)(O)C1CC(C)=C(C)C(=O)O1. The van der Waals surface area contributed by atoms with E-state index in [-0.39, 0.29) is 38.1 Å². The normalized spacial score (nSPS) is 47.8. The van der Waals surface area contributed by atoms with E-state index in [4.69, 9.17) is 18.9 Å². The summed E-state index contributed by atoms with van der Waals surface area (Å²) in [4.78, 5) is 50.6. The van der Waals surface area contributed by atoms with Crippen LogP contribution in [0.4, 0.5) is 0 Å². The van der Waals surface area contributed by atoms with Crippen molar-refractivity contribution in [2.75, 3.05) is 6.61 Å². The quantitative estimate of drug-likeness (QED) is 0.238. The van der Waals surface area contributed by atoms with Gasteiger partial charge in [0.1, 0.15) is 29.5 Å². The molecular weight excluding hydrogens is 560 g/mol. The Hall–Kier alpha value is -2.60. The van der Waals surface area contributed by atoms with Crippen LogP contribution in [0.2, 0.25) is 0 Å². The average molecular weight is 603 g/mol. The van der Waals surface area contributed by atoms with Crippen molar-refractivity contribution in [3.05, 3.63) is 23.3 Å². The van der Waals surface area contributed by atoms with Gasteiger partial charge in [-0.05, 0) is 83.8 Å². The van der Waals surface area contributed by atoms with Crippen LogP contribution < -0.4 is 0 Å². The summed E-state index contributed by atoms with van der Waals surface area (Å²) in [7, 11) is 0. The number of esters is 3. The van der Waals surface area contributed by atoms with Crippen LogP contribution in [-0.4, -0.2) is 86.3 Å². The van der Waals surface area contributed by atoms with E-state index in [0.29, 0.717) is 18.4 Å². The fourth-order valence-electron chi connectivity index (χ4n) is 10.0. The second kappa shape index (κ2) is 9.22. The molecular formula is C32H42O11. The third kappa shape index (κ3) is 3.56. The topological polar surface area (TPSA) is 169 Å². The third-order valence-corrected chi connectivity index (χ3v) is 12.6. The van der Waals surface area contributed by atoms with Crippen LogP contribution in [-0.2, 0) is 38.1 Å². The van der Waals surface area contributed by atoms with Crippen LogP contribution in [0.1, 0.15) is 80.1 Å². The maximum atomic E-state index is 13.7. The number of allylic oxidation sites excluding steroid dienone is 1. The Labute approximate surface area is 250 Å². The fourth-order valence-corrected chi connectivity index (χ4v) is 10.0. The molecule has 0 aromatic carbocycles. The summed E-state index contributed by atoms with van der Waals surface area (Å²) in [5, 5.41) is 37.8. The molecule has 4 aliphatic carbocycles. The van der Waals surface area contributed by atoms with Crippen LogP contribution in [0.25, 0.3) is 0 Å². The molecule has 2 heterocycles. The van der Waals surface area contributed by atoms with Gasteiger partial charge in [-0.15, -0.1) is 0 Å². The van der Waals surface area contributed by atoms with E-state index in [2.05, 4.69) is 0 Å². The highest BCUT2D eigenvalue weighted by atomic mass is 16.7. The summed E-state index contributed by atoms with van der Waals surface area (Å²) in [6.07, 6.45) is 1.54. The first-order valence-corrected chi connectivity index (χ1v) is 15.2. The zero-order chi connectivity index (χ0) is 31.5. The first-order valence-electron chi connectivity index (χ1n) is 15.2. The number of carbonyl (C=O) groups excluding carboxylic acids is 4. The van der Waals surface area contributed by atoms with Crippen molar-refractivity contribution in [2.24, 2.45) is 22.7 Å². The highest BCUT2D eigenvalue weighted by Crippen LogP contribution is 2.75.